The molecule has 4 rings (SSSR count). The average Bonchev–Trinajstić information content (AvgIpc) is 2.99. The average molecular weight is 349 g/mol. The van der Waals surface area contributed by atoms with Crippen molar-refractivity contribution in [1.82, 2.24) is 9.55 Å². The molecule has 26 heavy (non-hydrogen) atoms. The highest BCUT2D eigenvalue weighted by Crippen LogP contribution is 2.38. The van der Waals surface area contributed by atoms with Crippen molar-refractivity contribution in [1.29, 1.82) is 0 Å². The Labute approximate surface area is 150 Å². The number of fused-ring (bicyclic) bond motifs is 3. The number of benzene rings is 2. The summed E-state index contributed by atoms with van der Waals surface area (Å²) in [6.45, 7) is 3.95. The summed E-state index contributed by atoms with van der Waals surface area (Å²) in [5, 5.41) is 2.76. The van der Waals surface area contributed by atoms with Gasteiger partial charge in [-0.25, -0.2) is 4.98 Å². The summed E-state index contributed by atoms with van der Waals surface area (Å²) in [6.07, 6.45) is 0. The van der Waals surface area contributed by atoms with Crippen molar-refractivity contribution in [3.05, 3.63) is 59.7 Å². The van der Waals surface area contributed by atoms with Crippen LogP contribution in [0.15, 0.2) is 48.5 Å². The smallest absolute Gasteiger partial charge is 0.321 e. The molecule has 1 aliphatic heterocycles. The Bertz CT molecular complexity index is 991. The third-order valence-electron chi connectivity index (χ3n) is 4.67. The third-order valence-corrected chi connectivity index (χ3v) is 4.67. The lowest BCUT2D eigenvalue weighted by molar-refractivity contribution is -0.152. The molecule has 6 heteroatoms. The van der Waals surface area contributed by atoms with Gasteiger partial charge in [0.15, 0.2) is 5.92 Å². The van der Waals surface area contributed by atoms with Gasteiger partial charge in [0.1, 0.15) is 0 Å². The maximum Gasteiger partial charge on any atom is 0.321 e. The normalized spacial score (nSPS) is 19.1. The molecule has 0 unspecified atom stereocenters. The van der Waals surface area contributed by atoms with E-state index in [4.69, 9.17) is 4.74 Å². The first-order valence-electron chi connectivity index (χ1n) is 8.61. The Hall–Kier alpha value is -3.15. The molecule has 0 bridgehead atoms. The molecule has 2 aromatic carbocycles. The zero-order valence-corrected chi connectivity index (χ0v) is 14.6. The van der Waals surface area contributed by atoms with Crippen molar-refractivity contribution in [2.75, 3.05) is 11.9 Å². The van der Waals surface area contributed by atoms with E-state index in [-0.39, 0.29) is 6.61 Å². The first-order chi connectivity index (χ1) is 12.6. The van der Waals surface area contributed by atoms with Gasteiger partial charge in [-0.2, -0.15) is 0 Å². The van der Waals surface area contributed by atoms with E-state index in [9.17, 15) is 9.59 Å². The Morgan fingerprint density at radius 1 is 1.19 bits per heavy atom. The van der Waals surface area contributed by atoms with Gasteiger partial charge in [-0.1, -0.05) is 42.0 Å². The predicted molar refractivity (Wildman–Crippen MR) is 97.8 cm³/mol. The number of aromatic nitrogens is 2. The molecule has 0 radical (unpaired) electrons. The van der Waals surface area contributed by atoms with Crippen molar-refractivity contribution in [2.24, 2.45) is 5.92 Å². The van der Waals surface area contributed by atoms with E-state index in [1.807, 2.05) is 60.0 Å². The van der Waals surface area contributed by atoms with E-state index in [2.05, 4.69) is 10.3 Å². The fourth-order valence-electron chi connectivity index (χ4n) is 3.47. The van der Waals surface area contributed by atoms with E-state index in [1.165, 1.54) is 0 Å². The number of nitrogens with one attached hydrogen (secondary N) is 1. The van der Waals surface area contributed by atoms with Crippen LogP contribution in [0.4, 0.5) is 5.95 Å². The van der Waals surface area contributed by atoms with Crippen LogP contribution < -0.4 is 5.32 Å². The van der Waals surface area contributed by atoms with Crippen LogP contribution >= 0.6 is 0 Å². The summed E-state index contributed by atoms with van der Waals surface area (Å²) in [4.78, 5) is 29.9. The van der Waals surface area contributed by atoms with E-state index < -0.39 is 23.8 Å². The van der Waals surface area contributed by atoms with Gasteiger partial charge >= 0.3 is 5.97 Å². The topological polar surface area (TPSA) is 73.2 Å². The van der Waals surface area contributed by atoms with Crippen LogP contribution in [-0.2, 0) is 14.3 Å². The van der Waals surface area contributed by atoms with Gasteiger partial charge in [-0.15, -0.1) is 0 Å². The molecule has 1 amide bonds. The number of para-hydroxylation sites is 2. The second-order valence-electron chi connectivity index (χ2n) is 6.37. The van der Waals surface area contributed by atoms with Gasteiger partial charge in [-0.3, -0.25) is 14.9 Å². The van der Waals surface area contributed by atoms with Crippen LogP contribution in [0.3, 0.4) is 0 Å². The van der Waals surface area contributed by atoms with E-state index >= 15 is 0 Å². The van der Waals surface area contributed by atoms with E-state index in [0.29, 0.717) is 5.95 Å². The summed E-state index contributed by atoms with van der Waals surface area (Å²) >= 11 is 0. The summed E-state index contributed by atoms with van der Waals surface area (Å²) in [5.41, 5.74) is 3.61. The highest BCUT2D eigenvalue weighted by molar-refractivity contribution is 6.07. The second-order valence-corrected chi connectivity index (χ2v) is 6.37. The van der Waals surface area contributed by atoms with Gasteiger partial charge in [0.2, 0.25) is 11.9 Å². The number of ether oxygens (including phenoxy) is 1. The molecule has 1 N–H and O–H groups in total. The summed E-state index contributed by atoms with van der Waals surface area (Å²) in [7, 11) is 0. The van der Waals surface area contributed by atoms with Crippen molar-refractivity contribution in [3.63, 3.8) is 0 Å². The highest BCUT2D eigenvalue weighted by atomic mass is 16.5. The number of hydrogen-bond acceptors (Lipinski definition) is 4. The number of amides is 1. The van der Waals surface area contributed by atoms with Crippen LogP contribution in [0.2, 0.25) is 0 Å². The summed E-state index contributed by atoms with van der Waals surface area (Å²) in [5.74, 6) is -1.44. The minimum atomic E-state index is -0.970. The Kier molecular flexibility index (Phi) is 3.95. The molecular formula is C20H19N3O3. The summed E-state index contributed by atoms with van der Waals surface area (Å²) in [6, 6.07) is 15.0. The molecule has 2 heterocycles. The van der Waals surface area contributed by atoms with Crippen molar-refractivity contribution >= 4 is 28.9 Å². The lowest BCUT2D eigenvalue weighted by Gasteiger charge is -2.32. The minimum absolute atomic E-state index is 0.223. The fraction of sp³-hybridized carbons (Fsp3) is 0.250. The second kappa shape index (κ2) is 6.29. The van der Waals surface area contributed by atoms with Gasteiger partial charge < -0.3 is 9.30 Å². The Morgan fingerprint density at radius 3 is 2.65 bits per heavy atom. The Balaban J connectivity index is 1.95. The van der Waals surface area contributed by atoms with Crippen LogP contribution in [0.1, 0.15) is 24.1 Å². The van der Waals surface area contributed by atoms with Crippen LogP contribution in [-0.4, -0.2) is 28.0 Å². The number of nitrogens with zero attached hydrogens (tertiary/aromatic N) is 2. The molecule has 1 aliphatic rings. The first-order valence-corrected chi connectivity index (χ1v) is 8.61. The first kappa shape index (κ1) is 16.3. The number of carbonyl (C=O) groups is 2. The lowest BCUT2D eigenvalue weighted by atomic mass is 9.90. The van der Waals surface area contributed by atoms with Gasteiger partial charge in [0, 0.05) is 0 Å². The van der Waals surface area contributed by atoms with Crippen LogP contribution in [0.25, 0.3) is 11.0 Å². The number of hydrogen-bond donors (Lipinski definition) is 1. The third kappa shape index (κ3) is 2.54. The molecule has 132 valence electrons. The number of aryl methyl sites for hydroxylation is 1. The summed E-state index contributed by atoms with van der Waals surface area (Å²) < 4.78 is 7.12. The van der Waals surface area contributed by atoms with Crippen molar-refractivity contribution in [3.8, 4) is 0 Å². The van der Waals surface area contributed by atoms with Gasteiger partial charge in [0.05, 0.1) is 23.7 Å². The standard InChI is InChI=1S/C20H19N3O3/c1-3-26-19(25)16-17(13-10-8-12(2)9-11-13)23-15-7-5-4-6-14(15)21-20(23)22-18(16)24/h4-11,16-17H,3H2,1-2H3,(H,21,22,24)/t16-,17-/m0/s1. The number of anilines is 1. The number of rotatable bonds is 3. The molecule has 0 spiro atoms. The zero-order chi connectivity index (χ0) is 18.3. The van der Waals surface area contributed by atoms with Crippen LogP contribution in [0, 0.1) is 12.8 Å². The van der Waals surface area contributed by atoms with Crippen molar-refractivity contribution in [2.45, 2.75) is 19.9 Å². The molecule has 0 saturated carbocycles. The molecule has 0 fully saturated rings. The number of esters is 1. The molecule has 1 aromatic heterocycles. The van der Waals surface area contributed by atoms with Crippen LogP contribution in [0.5, 0.6) is 0 Å². The lowest BCUT2D eigenvalue weighted by Crippen LogP contribution is -2.43. The Morgan fingerprint density at radius 2 is 1.92 bits per heavy atom. The van der Waals surface area contributed by atoms with Gasteiger partial charge in [-0.05, 0) is 31.5 Å². The van der Waals surface area contributed by atoms with E-state index in [0.717, 1.165) is 22.2 Å². The highest BCUT2D eigenvalue weighted by Gasteiger charge is 2.44. The molecular weight excluding hydrogens is 330 g/mol. The minimum Gasteiger partial charge on any atom is -0.465 e. The maximum absolute atomic E-state index is 12.7. The predicted octanol–water partition coefficient (Wildman–Crippen LogP) is 3.07. The van der Waals surface area contributed by atoms with E-state index in [1.54, 1.807) is 6.92 Å². The molecule has 6 nitrogen and oxygen atoms in total. The molecule has 3 aromatic rings. The maximum atomic E-state index is 12.7. The fourth-order valence-corrected chi connectivity index (χ4v) is 3.47. The SMILES string of the molecule is CCOC(=O)[C@@H]1C(=O)Nc2nc3ccccc3n2[C@H]1c1ccc(C)cc1. The monoisotopic (exact) mass is 349 g/mol. The van der Waals surface area contributed by atoms with Gasteiger partial charge in [0.25, 0.3) is 0 Å². The number of imidazole rings is 1. The molecule has 0 saturated heterocycles. The van der Waals surface area contributed by atoms with Crippen molar-refractivity contribution < 1.29 is 14.3 Å². The number of carbonyl (C=O) groups excluding carboxylic acids is 2. The molecule has 2 atom stereocenters. The zero-order valence-electron chi connectivity index (χ0n) is 14.6. The quantitative estimate of drug-likeness (QED) is 0.583. The largest absolute Gasteiger partial charge is 0.465 e. The molecule has 0 aliphatic carbocycles.